The smallest absolute Gasteiger partial charge is 0.294 e. The van der Waals surface area contributed by atoms with Gasteiger partial charge in [0, 0.05) is 30.0 Å². The van der Waals surface area contributed by atoms with Crippen molar-refractivity contribution in [3.05, 3.63) is 65.2 Å². The molecule has 1 N–H and O–H groups in total. The van der Waals surface area contributed by atoms with Crippen molar-refractivity contribution >= 4 is 30.2 Å². The van der Waals surface area contributed by atoms with Gasteiger partial charge in [0.1, 0.15) is 0 Å². The van der Waals surface area contributed by atoms with Gasteiger partial charge in [0.25, 0.3) is 0 Å². The maximum atomic E-state index is 13.4. The molecule has 3 rings (SSSR count). The van der Waals surface area contributed by atoms with Crippen molar-refractivity contribution in [2.24, 2.45) is 5.10 Å². The largest absolute Gasteiger partial charge is 0.300 e. The average molecular weight is 335 g/mol. The molecule has 22 heavy (non-hydrogen) atoms. The fourth-order valence-corrected chi connectivity index (χ4v) is 4.53. The summed E-state index contributed by atoms with van der Waals surface area (Å²) in [6.07, 6.45) is 0. The standard InChI is InChI=1S/C15H16ClN4OP/c1-19-17-15(12-8-10-13(16)11-9-12)18-20(2)22(19,21)14-6-4-3-5-7-14/h3-11H,1-2H3,(H,17,18). The Morgan fingerprint density at radius 1 is 1.05 bits per heavy atom. The monoisotopic (exact) mass is 334 g/mol. The van der Waals surface area contributed by atoms with Crippen molar-refractivity contribution in [2.75, 3.05) is 14.1 Å². The molecule has 0 bridgehead atoms. The molecule has 5 nitrogen and oxygen atoms in total. The molecule has 1 heterocycles. The minimum Gasteiger partial charge on any atom is -0.294 e. The lowest BCUT2D eigenvalue weighted by Gasteiger charge is -2.38. The van der Waals surface area contributed by atoms with E-state index in [2.05, 4.69) is 10.5 Å². The first-order chi connectivity index (χ1) is 10.5. The molecule has 7 heteroatoms. The minimum absolute atomic E-state index is 0.629. The highest BCUT2D eigenvalue weighted by molar-refractivity contribution is 7.67. The van der Waals surface area contributed by atoms with E-state index in [1.807, 2.05) is 42.5 Å². The van der Waals surface area contributed by atoms with Crippen molar-refractivity contribution < 1.29 is 4.57 Å². The molecule has 0 aromatic heterocycles. The summed E-state index contributed by atoms with van der Waals surface area (Å²) in [5, 5.41) is 5.85. The molecular formula is C15H16ClN4OP. The van der Waals surface area contributed by atoms with E-state index in [1.165, 1.54) is 4.78 Å². The van der Waals surface area contributed by atoms with E-state index in [0.29, 0.717) is 10.9 Å². The first-order valence-corrected chi connectivity index (χ1v) is 8.76. The normalized spacial score (nSPS) is 22.1. The van der Waals surface area contributed by atoms with Crippen LogP contribution >= 0.6 is 19.0 Å². The van der Waals surface area contributed by atoms with Crippen LogP contribution in [0.5, 0.6) is 0 Å². The summed E-state index contributed by atoms with van der Waals surface area (Å²) >= 11 is 5.91. The molecule has 1 unspecified atom stereocenters. The summed E-state index contributed by atoms with van der Waals surface area (Å²) in [6.45, 7) is 0. The quantitative estimate of drug-likeness (QED) is 0.858. The molecule has 1 aliphatic rings. The molecule has 0 amide bonds. The molecule has 1 atom stereocenters. The van der Waals surface area contributed by atoms with Gasteiger partial charge in [-0.2, -0.15) is 5.10 Å². The van der Waals surface area contributed by atoms with Crippen LogP contribution in [0.25, 0.3) is 0 Å². The second kappa shape index (κ2) is 5.76. The SMILES string of the molecule is CN1N=C(c2ccc(Cl)cc2)NN(C)P1(=O)c1ccccc1. The van der Waals surface area contributed by atoms with Crippen molar-refractivity contribution in [3.8, 4) is 0 Å². The number of rotatable bonds is 2. The Morgan fingerprint density at radius 3 is 2.27 bits per heavy atom. The maximum Gasteiger partial charge on any atom is 0.300 e. The predicted octanol–water partition coefficient (Wildman–Crippen LogP) is 2.90. The third-order valence-corrected chi connectivity index (χ3v) is 6.53. The summed E-state index contributed by atoms with van der Waals surface area (Å²) in [6, 6.07) is 16.7. The van der Waals surface area contributed by atoms with Crippen LogP contribution in [0, 0.1) is 0 Å². The molecule has 0 saturated carbocycles. The summed E-state index contributed by atoms with van der Waals surface area (Å²) in [5.41, 5.74) is 3.98. The first-order valence-electron chi connectivity index (χ1n) is 6.77. The zero-order valence-corrected chi connectivity index (χ0v) is 13.9. The van der Waals surface area contributed by atoms with E-state index in [9.17, 15) is 4.57 Å². The van der Waals surface area contributed by atoms with Crippen molar-refractivity contribution in [1.29, 1.82) is 0 Å². The van der Waals surface area contributed by atoms with Gasteiger partial charge in [-0.25, -0.2) is 4.78 Å². The Balaban J connectivity index is 2.00. The lowest BCUT2D eigenvalue weighted by Crippen LogP contribution is -2.47. The zero-order valence-electron chi connectivity index (χ0n) is 12.3. The van der Waals surface area contributed by atoms with Crippen LogP contribution in [-0.2, 0) is 4.57 Å². The molecule has 2 aromatic rings. The van der Waals surface area contributed by atoms with E-state index >= 15 is 0 Å². The molecule has 0 saturated heterocycles. The second-order valence-corrected chi connectivity index (χ2v) is 8.18. The van der Waals surface area contributed by atoms with Crippen LogP contribution < -0.4 is 10.7 Å². The van der Waals surface area contributed by atoms with Crippen LogP contribution in [0.2, 0.25) is 5.02 Å². The van der Waals surface area contributed by atoms with Gasteiger partial charge < -0.3 is 0 Å². The molecular weight excluding hydrogens is 319 g/mol. The molecule has 0 fully saturated rings. The third-order valence-electron chi connectivity index (χ3n) is 3.52. The number of halogens is 1. The number of nitrogens with one attached hydrogen (secondary N) is 1. The Bertz CT molecular complexity index is 748. The molecule has 0 spiro atoms. The van der Waals surface area contributed by atoms with Crippen molar-refractivity contribution in [2.45, 2.75) is 0 Å². The number of amidine groups is 1. The first kappa shape index (κ1) is 15.1. The van der Waals surface area contributed by atoms with E-state index in [4.69, 9.17) is 11.6 Å². The highest BCUT2D eigenvalue weighted by Crippen LogP contribution is 2.50. The molecule has 0 aliphatic carbocycles. The number of nitrogens with zero attached hydrogens (tertiary/aromatic N) is 3. The number of hydrogen-bond acceptors (Lipinski definition) is 3. The van der Waals surface area contributed by atoms with Crippen LogP contribution in [0.15, 0.2) is 59.7 Å². The van der Waals surface area contributed by atoms with Gasteiger partial charge >= 0.3 is 7.44 Å². The fraction of sp³-hybridized carbons (Fsp3) is 0.133. The van der Waals surface area contributed by atoms with Crippen LogP contribution in [0.1, 0.15) is 5.56 Å². The Hall–Kier alpha value is -1.81. The highest BCUT2D eigenvalue weighted by atomic mass is 35.5. The minimum atomic E-state index is -2.97. The maximum absolute atomic E-state index is 13.4. The van der Waals surface area contributed by atoms with Crippen LogP contribution in [0.4, 0.5) is 0 Å². The second-order valence-electron chi connectivity index (χ2n) is 4.96. The van der Waals surface area contributed by atoms with Gasteiger partial charge in [-0.05, 0) is 36.4 Å². The lowest BCUT2D eigenvalue weighted by molar-refractivity contribution is 0.360. The predicted molar refractivity (Wildman–Crippen MR) is 90.3 cm³/mol. The van der Waals surface area contributed by atoms with Crippen molar-refractivity contribution in [1.82, 2.24) is 15.0 Å². The van der Waals surface area contributed by atoms with Crippen LogP contribution in [0.3, 0.4) is 0 Å². The number of hydrazine groups is 1. The molecule has 1 aliphatic heterocycles. The summed E-state index contributed by atoms with van der Waals surface area (Å²) in [7, 11) is 0.509. The van der Waals surface area contributed by atoms with E-state index in [-0.39, 0.29) is 0 Å². The number of hydrogen-bond donors (Lipinski definition) is 1. The Labute approximate surface area is 134 Å². The summed E-state index contributed by atoms with van der Waals surface area (Å²) < 4.78 is 16.5. The van der Waals surface area contributed by atoms with Gasteiger partial charge in [0.15, 0.2) is 5.84 Å². The van der Waals surface area contributed by atoms with E-state index < -0.39 is 7.44 Å². The summed E-state index contributed by atoms with van der Waals surface area (Å²) in [5.74, 6) is 0.629. The number of hydrazone groups is 1. The van der Waals surface area contributed by atoms with Crippen molar-refractivity contribution in [3.63, 3.8) is 0 Å². The fourth-order valence-electron chi connectivity index (χ4n) is 2.34. The average Bonchev–Trinajstić information content (AvgIpc) is 2.53. The van der Waals surface area contributed by atoms with E-state index in [1.54, 1.807) is 31.0 Å². The van der Waals surface area contributed by atoms with Gasteiger partial charge in [-0.1, -0.05) is 29.8 Å². The van der Waals surface area contributed by atoms with Gasteiger partial charge in [0.2, 0.25) is 0 Å². The zero-order chi connectivity index (χ0) is 15.7. The lowest BCUT2D eigenvalue weighted by atomic mass is 10.2. The molecule has 2 aromatic carbocycles. The highest BCUT2D eigenvalue weighted by Gasteiger charge is 2.38. The third kappa shape index (κ3) is 2.52. The molecule has 0 radical (unpaired) electrons. The van der Waals surface area contributed by atoms with Gasteiger partial charge in [0.05, 0.1) is 0 Å². The van der Waals surface area contributed by atoms with Crippen LogP contribution in [-0.4, -0.2) is 29.5 Å². The van der Waals surface area contributed by atoms with E-state index in [0.717, 1.165) is 10.9 Å². The Kier molecular flexibility index (Phi) is 3.96. The van der Waals surface area contributed by atoms with Gasteiger partial charge in [-0.15, -0.1) is 4.78 Å². The Morgan fingerprint density at radius 2 is 1.68 bits per heavy atom. The summed E-state index contributed by atoms with van der Waals surface area (Å²) in [4.78, 5) is 0. The van der Waals surface area contributed by atoms with Gasteiger partial charge in [-0.3, -0.25) is 9.99 Å². The molecule has 114 valence electrons. The number of benzene rings is 2. The topological polar surface area (TPSA) is 47.9 Å².